The number of para-hydroxylation sites is 1. The van der Waals surface area contributed by atoms with Crippen molar-refractivity contribution in [2.24, 2.45) is 0 Å². The van der Waals surface area contributed by atoms with Gasteiger partial charge in [0.2, 0.25) is 5.58 Å². The maximum atomic E-state index is 12.4. The standard InChI is InChI=1S/C22H19N3O2/c26-22-21-20(17-8-4-5-9-18(17)27-21)23-19(24-22)14-25-12-10-16(11-13-25)15-6-2-1-3-7-15/h1-10H,11-14H2,(H,23,24,26). The first-order valence-corrected chi connectivity index (χ1v) is 9.15. The molecular weight excluding hydrogens is 338 g/mol. The van der Waals surface area contributed by atoms with Crippen LogP contribution in [0.1, 0.15) is 17.8 Å². The Morgan fingerprint density at radius 3 is 2.70 bits per heavy atom. The normalized spacial score (nSPS) is 15.3. The van der Waals surface area contributed by atoms with Crippen LogP contribution < -0.4 is 5.56 Å². The largest absolute Gasteiger partial charge is 0.449 e. The van der Waals surface area contributed by atoms with Crippen LogP contribution in [0.25, 0.3) is 27.6 Å². The highest BCUT2D eigenvalue weighted by Gasteiger charge is 2.17. The molecular formula is C22H19N3O2. The van der Waals surface area contributed by atoms with Crippen molar-refractivity contribution >= 4 is 27.6 Å². The minimum absolute atomic E-state index is 0.219. The summed E-state index contributed by atoms with van der Waals surface area (Å²) >= 11 is 0. The SMILES string of the molecule is O=c1[nH]c(CN2CC=C(c3ccccc3)CC2)nc2c1oc1ccccc12. The third-order valence-corrected chi connectivity index (χ3v) is 5.09. The second-order valence-corrected chi connectivity index (χ2v) is 6.87. The van der Waals surface area contributed by atoms with E-state index in [2.05, 4.69) is 45.2 Å². The fraction of sp³-hybridized carbons (Fsp3) is 0.182. The van der Waals surface area contributed by atoms with Crippen LogP contribution in [-0.4, -0.2) is 28.0 Å². The van der Waals surface area contributed by atoms with Gasteiger partial charge in [0, 0.05) is 18.5 Å². The molecule has 0 amide bonds. The molecule has 2 aromatic heterocycles. The number of hydrogen-bond acceptors (Lipinski definition) is 4. The molecule has 5 heteroatoms. The van der Waals surface area contributed by atoms with Gasteiger partial charge in [-0.1, -0.05) is 48.5 Å². The van der Waals surface area contributed by atoms with Gasteiger partial charge in [0.15, 0.2) is 0 Å². The first-order valence-electron chi connectivity index (χ1n) is 9.15. The van der Waals surface area contributed by atoms with E-state index in [9.17, 15) is 4.79 Å². The Morgan fingerprint density at radius 1 is 1.07 bits per heavy atom. The third-order valence-electron chi connectivity index (χ3n) is 5.09. The first kappa shape index (κ1) is 16.0. The average Bonchev–Trinajstić information content (AvgIpc) is 3.09. The van der Waals surface area contributed by atoms with Gasteiger partial charge in [0.25, 0.3) is 5.56 Å². The minimum Gasteiger partial charge on any atom is -0.449 e. The predicted octanol–water partition coefficient (Wildman–Crippen LogP) is 3.96. The van der Waals surface area contributed by atoms with E-state index < -0.39 is 0 Å². The summed E-state index contributed by atoms with van der Waals surface area (Å²) in [5.74, 6) is 0.676. The number of rotatable bonds is 3. The molecule has 0 saturated carbocycles. The summed E-state index contributed by atoms with van der Waals surface area (Å²) in [6.07, 6.45) is 3.26. The molecule has 0 fully saturated rings. The van der Waals surface area contributed by atoms with Crippen LogP contribution in [0.5, 0.6) is 0 Å². The van der Waals surface area contributed by atoms with E-state index in [1.165, 1.54) is 11.1 Å². The van der Waals surface area contributed by atoms with Crippen molar-refractivity contribution in [3.8, 4) is 0 Å². The van der Waals surface area contributed by atoms with E-state index in [-0.39, 0.29) is 5.56 Å². The van der Waals surface area contributed by atoms with Crippen LogP contribution in [-0.2, 0) is 6.54 Å². The Hall–Kier alpha value is -3.18. The summed E-state index contributed by atoms with van der Waals surface area (Å²) in [6, 6.07) is 18.1. The number of furan rings is 1. The minimum atomic E-state index is -0.219. The zero-order valence-electron chi connectivity index (χ0n) is 14.8. The molecule has 0 saturated heterocycles. The molecule has 2 aromatic carbocycles. The smallest absolute Gasteiger partial charge is 0.294 e. The Labute approximate surface area is 156 Å². The summed E-state index contributed by atoms with van der Waals surface area (Å²) in [6.45, 7) is 2.40. The summed E-state index contributed by atoms with van der Waals surface area (Å²) < 4.78 is 5.66. The number of H-pyrrole nitrogens is 1. The lowest BCUT2D eigenvalue weighted by atomic mass is 10.00. The van der Waals surface area contributed by atoms with E-state index in [4.69, 9.17) is 4.42 Å². The molecule has 4 aromatic rings. The molecule has 0 unspecified atom stereocenters. The summed E-state index contributed by atoms with van der Waals surface area (Å²) in [5.41, 5.74) is 4.08. The van der Waals surface area contributed by atoms with Gasteiger partial charge in [0.1, 0.15) is 16.9 Å². The number of aromatic nitrogens is 2. The molecule has 134 valence electrons. The van der Waals surface area contributed by atoms with Gasteiger partial charge in [-0.25, -0.2) is 4.98 Å². The highest BCUT2D eigenvalue weighted by atomic mass is 16.3. The number of hydrogen-bond donors (Lipinski definition) is 1. The quantitative estimate of drug-likeness (QED) is 0.603. The van der Waals surface area contributed by atoms with Crippen LogP contribution in [0, 0.1) is 0 Å². The molecule has 1 N–H and O–H groups in total. The van der Waals surface area contributed by atoms with E-state index >= 15 is 0 Å². The number of benzene rings is 2. The van der Waals surface area contributed by atoms with Crippen LogP contribution in [0.3, 0.4) is 0 Å². The van der Waals surface area contributed by atoms with E-state index in [1.54, 1.807) is 0 Å². The van der Waals surface area contributed by atoms with E-state index in [0.29, 0.717) is 29.1 Å². The van der Waals surface area contributed by atoms with Gasteiger partial charge < -0.3 is 9.40 Å². The maximum Gasteiger partial charge on any atom is 0.294 e. The van der Waals surface area contributed by atoms with Crippen LogP contribution >= 0.6 is 0 Å². The average molecular weight is 357 g/mol. The van der Waals surface area contributed by atoms with Crippen LogP contribution in [0.2, 0.25) is 0 Å². The van der Waals surface area contributed by atoms with Crippen molar-refractivity contribution in [2.75, 3.05) is 13.1 Å². The second-order valence-electron chi connectivity index (χ2n) is 6.87. The Bertz CT molecular complexity index is 1200. The summed E-state index contributed by atoms with van der Waals surface area (Å²) in [5, 5.41) is 0.879. The molecule has 0 atom stereocenters. The van der Waals surface area contributed by atoms with Crippen molar-refractivity contribution in [1.82, 2.24) is 14.9 Å². The number of aromatic amines is 1. The second kappa shape index (κ2) is 6.52. The molecule has 3 heterocycles. The van der Waals surface area contributed by atoms with E-state index in [0.717, 1.165) is 24.9 Å². The number of fused-ring (bicyclic) bond motifs is 3. The molecule has 27 heavy (non-hydrogen) atoms. The van der Waals surface area contributed by atoms with Gasteiger partial charge >= 0.3 is 0 Å². The molecule has 1 aliphatic rings. The number of nitrogens with one attached hydrogen (secondary N) is 1. The summed E-state index contributed by atoms with van der Waals surface area (Å²) in [7, 11) is 0. The van der Waals surface area contributed by atoms with Crippen molar-refractivity contribution in [3.05, 3.63) is 82.4 Å². The monoisotopic (exact) mass is 357 g/mol. The zero-order chi connectivity index (χ0) is 18.2. The molecule has 0 radical (unpaired) electrons. The third kappa shape index (κ3) is 2.96. The molecule has 5 rings (SSSR count). The zero-order valence-corrected chi connectivity index (χ0v) is 14.8. The topological polar surface area (TPSA) is 62.1 Å². The van der Waals surface area contributed by atoms with Gasteiger partial charge in [0.05, 0.1) is 6.54 Å². The van der Waals surface area contributed by atoms with Crippen molar-refractivity contribution < 1.29 is 4.42 Å². The van der Waals surface area contributed by atoms with Crippen molar-refractivity contribution in [1.29, 1.82) is 0 Å². The molecule has 0 spiro atoms. The lowest BCUT2D eigenvalue weighted by Crippen LogP contribution is -2.29. The Kier molecular flexibility index (Phi) is 3.87. The molecule has 0 aliphatic carbocycles. The first-order chi connectivity index (χ1) is 13.3. The molecule has 0 bridgehead atoms. The Balaban J connectivity index is 1.41. The fourth-order valence-corrected chi connectivity index (χ4v) is 3.70. The number of nitrogens with zero attached hydrogens (tertiary/aromatic N) is 2. The fourth-order valence-electron chi connectivity index (χ4n) is 3.70. The Morgan fingerprint density at radius 2 is 1.89 bits per heavy atom. The lowest BCUT2D eigenvalue weighted by molar-refractivity contribution is 0.286. The van der Waals surface area contributed by atoms with Gasteiger partial charge in [-0.05, 0) is 29.7 Å². The van der Waals surface area contributed by atoms with Crippen LogP contribution in [0.15, 0.2) is 69.9 Å². The lowest BCUT2D eigenvalue weighted by Gasteiger charge is -2.25. The summed E-state index contributed by atoms with van der Waals surface area (Å²) in [4.78, 5) is 22.3. The van der Waals surface area contributed by atoms with Gasteiger partial charge in [-0.15, -0.1) is 0 Å². The van der Waals surface area contributed by atoms with Crippen LogP contribution in [0.4, 0.5) is 0 Å². The van der Waals surface area contributed by atoms with Crippen molar-refractivity contribution in [3.63, 3.8) is 0 Å². The van der Waals surface area contributed by atoms with Crippen molar-refractivity contribution in [2.45, 2.75) is 13.0 Å². The highest BCUT2D eigenvalue weighted by molar-refractivity contribution is 6.01. The van der Waals surface area contributed by atoms with Gasteiger partial charge in [-0.3, -0.25) is 9.69 Å². The predicted molar refractivity (Wildman–Crippen MR) is 106 cm³/mol. The van der Waals surface area contributed by atoms with E-state index in [1.807, 2.05) is 30.3 Å². The van der Waals surface area contributed by atoms with Gasteiger partial charge in [-0.2, -0.15) is 0 Å². The highest BCUT2D eigenvalue weighted by Crippen LogP contribution is 2.25. The molecule has 5 nitrogen and oxygen atoms in total. The molecule has 1 aliphatic heterocycles. The maximum absolute atomic E-state index is 12.4.